The van der Waals surface area contributed by atoms with Crippen molar-refractivity contribution in [1.82, 2.24) is 0 Å². The smallest absolute Gasteiger partial charge is 0.0463 e. The summed E-state index contributed by atoms with van der Waals surface area (Å²) in [6, 6.07) is 46.4. The molecule has 3 N–H and O–H groups in total. The van der Waals surface area contributed by atoms with Crippen LogP contribution in [0.25, 0.3) is 0 Å². The molecule has 0 amide bonds. The third-order valence-corrected chi connectivity index (χ3v) is 7.94. The van der Waals surface area contributed by atoms with Gasteiger partial charge in [-0.3, -0.25) is 0 Å². The van der Waals surface area contributed by atoms with Gasteiger partial charge in [0.1, 0.15) is 0 Å². The topological polar surface area (TPSA) is 118 Å². The summed E-state index contributed by atoms with van der Waals surface area (Å²) in [6.45, 7) is 0. The molecule has 0 bridgehead atoms. The van der Waals surface area contributed by atoms with Crippen LogP contribution in [-0.2, 0) is 0 Å². The second-order valence-electron chi connectivity index (χ2n) is 11.5. The average molecular weight is 651 g/mol. The molecule has 6 aromatic rings. The molecule has 248 valence electrons. The molecule has 0 heterocycles. The number of nitrogens with one attached hydrogen (secondary N) is 3. The lowest BCUT2D eigenvalue weighted by Gasteiger charge is -2.26. The molecular formula is C39H36N7O3-3. The molecule has 10 heteroatoms. The minimum absolute atomic E-state index is 0.592. The van der Waals surface area contributed by atoms with Gasteiger partial charge in [-0.2, -0.15) is 0 Å². The van der Waals surface area contributed by atoms with Crippen molar-refractivity contribution in [2.75, 3.05) is 57.2 Å². The van der Waals surface area contributed by atoms with Crippen LogP contribution >= 0.6 is 0 Å². The van der Waals surface area contributed by atoms with Crippen molar-refractivity contribution in [3.8, 4) is 0 Å². The van der Waals surface area contributed by atoms with Crippen LogP contribution in [0.5, 0.6) is 0 Å². The molecule has 0 unspecified atom stereocenters. The van der Waals surface area contributed by atoms with E-state index in [1.165, 1.54) is 21.1 Å². The van der Waals surface area contributed by atoms with Gasteiger partial charge < -0.3 is 51.7 Å². The van der Waals surface area contributed by atoms with E-state index in [0.717, 1.165) is 66.4 Å². The Kier molecular flexibility index (Phi) is 9.82. The first-order valence-corrected chi connectivity index (χ1v) is 15.7. The average Bonchev–Trinajstić information content (AvgIpc) is 3.11. The van der Waals surface area contributed by atoms with Crippen LogP contribution in [0.3, 0.4) is 0 Å². The normalized spacial score (nSPS) is 10.7. The number of nitrogens with zero attached hydrogens (tertiary/aromatic N) is 4. The molecule has 0 fully saturated rings. The fourth-order valence-electron chi connectivity index (χ4n) is 5.29. The highest BCUT2D eigenvalue weighted by Crippen LogP contribution is 2.37. The van der Waals surface area contributed by atoms with Gasteiger partial charge in [0.05, 0.1) is 0 Å². The van der Waals surface area contributed by atoms with Crippen LogP contribution in [0.15, 0.2) is 146 Å². The second-order valence-corrected chi connectivity index (χ2v) is 11.5. The Bertz CT molecular complexity index is 1700. The van der Waals surface area contributed by atoms with E-state index in [0.29, 0.717) is 17.1 Å². The van der Waals surface area contributed by atoms with Crippen LogP contribution < -0.4 is 36.0 Å². The second kappa shape index (κ2) is 14.7. The molecule has 6 aromatic carbocycles. The van der Waals surface area contributed by atoms with Crippen molar-refractivity contribution >= 4 is 68.2 Å². The maximum absolute atomic E-state index is 11.6. The highest BCUT2D eigenvalue weighted by molar-refractivity contribution is 5.80. The first-order chi connectivity index (χ1) is 23.7. The van der Waals surface area contributed by atoms with Crippen LogP contribution in [0, 0.1) is 15.6 Å². The Morgan fingerprint density at radius 1 is 0.286 bits per heavy atom. The van der Waals surface area contributed by atoms with Gasteiger partial charge in [-0.1, -0.05) is 0 Å². The van der Waals surface area contributed by atoms with Gasteiger partial charge in [-0.15, -0.1) is 0 Å². The third-order valence-electron chi connectivity index (χ3n) is 7.94. The number of rotatable bonds is 12. The van der Waals surface area contributed by atoms with Crippen molar-refractivity contribution in [2.45, 2.75) is 0 Å². The highest BCUT2D eigenvalue weighted by Gasteiger charge is 2.13. The molecule has 6 rings (SSSR count). The largest absolute Gasteiger partial charge is 0.758 e. The van der Waals surface area contributed by atoms with Crippen LogP contribution in [0.2, 0.25) is 0 Å². The predicted molar refractivity (Wildman–Crippen MR) is 206 cm³/mol. The molecule has 0 aromatic heterocycles. The highest BCUT2D eigenvalue weighted by atomic mass is 16.5. The Balaban J connectivity index is 1.24. The van der Waals surface area contributed by atoms with Gasteiger partial charge in [0.2, 0.25) is 0 Å². The standard InChI is InChI=1S/C39H36N7O3/c1-43(47)34-16-4-28(5-17-34)40-31-10-22-37(23-11-31)46(38-24-12-32(13-25-38)41-29-6-18-35(19-7-29)44(2)48)39-26-14-33(15-27-39)42-30-8-20-36(21-9-30)45(3)49/h4-27,40-42H,1-3H3/q-3. The van der Waals surface area contributed by atoms with Gasteiger partial charge in [-0.05, 0) is 167 Å². The third kappa shape index (κ3) is 8.21. The molecule has 49 heavy (non-hydrogen) atoms. The monoisotopic (exact) mass is 650 g/mol. The van der Waals surface area contributed by atoms with Crippen molar-refractivity contribution < 1.29 is 0 Å². The molecule has 0 atom stereocenters. The Morgan fingerprint density at radius 3 is 0.612 bits per heavy atom. The molecule has 0 spiro atoms. The van der Waals surface area contributed by atoms with E-state index in [9.17, 15) is 15.6 Å². The maximum atomic E-state index is 11.6. The minimum Gasteiger partial charge on any atom is -0.758 e. The number of anilines is 12. The first-order valence-electron chi connectivity index (χ1n) is 15.7. The molecule has 0 saturated carbocycles. The summed E-state index contributed by atoms with van der Waals surface area (Å²) in [5.41, 5.74) is 10.0. The van der Waals surface area contributed by atoms with Gasteiger partial charge in [0.15, 0.2) is 0 Å². The minimum atomic E-state index is 0.592. The molecule has 0 aliphatic rings. The summed E-state index contributed by atoms with van der Waals surface area (Å²) in [6.07, 6.45) is 0. The molecule has 0 radical (unpaired) electrons. The lowest BCUT2D eigenvalue weighted by molar-refractivity contribution is 1.22. The molecule has 0 aliphatic heterocycles. The fourth-order valence-corrected chi connectivity index (χ4v) is 5.29. The maximum Gasteiger partial charge on any atom is 0.0463 e. The lowest BCUT2D eigenvalue weighted by Crippen LogP contribution is -2.10. The van der Waals surface area contributed by atoms with Gasteiger partial charge in [-0.25, -0.2) is 0 Å². The van der Waals surface area contributed by atoms with Crippen molar-refractivity contribution in [2.24, 2.45) is 0 Å². The van der Waals surface area contributed by atoms with Gasteiger partial charge in [0, 0.05) is 68.2 Å². The fraction of sp³-hybridized carbons (Fsp3) is 0.0769. The summed E-state index contributed by atoms with van der Waals surface area (Å²) in [5, 5.41) is 47.4. The zero-order chi connectivity index (χ0) is 34.3. The molecule has 10 nitrogen and oxygen atoms in total. The van der Waals surface area contributed by atoms with Gasteiger partial charge >= 0.3 is 0 Å². The Hall–Kier alpha value is -6.20. The quantitative estimate of drug-likeness (QED) is 0.110. The number of hydroxylamine groups is 3. The van der Waals surface area contributed by atoms with E-state index in [4.69, 9.17) is 0 Å². The summed E-state index contributed by atoms with van der Waals surface area (Å²) in [5.74, 6) is 0. The van der Waals surface area contributed by atoms with Crippen molar-refractivity contribution in [3.05, 3.63) is 161 Å². The lowest BCUT2D eigenvalue weighted by atomic mass is 10.1. The first kappa shape index (κ1) is 32.7. The summed E-state index contributed by atoms with van der Waals surface area (Å²) < 4.78 is 0. The van der Waals surface area contributed by atoms with Crippen molar-refractivity contribution in [1.29, 1.82) is 0 Å². The SMILES string of the molecule is CN([O-])c1ccc(Nc2ccc(N(c3ccc(Nc4ccc(N(C)[O-])cc4)cc3)c3ccc(Nc4ccc(N(C)[O-])cc4)cc3)cc2)cc1. The zero-order valence-corrected chi connectivity index (χ0v) is 27.4. The van der Waals surface area contributed by atoms with E-state index < -0.39 is 0 Å². The predicted octanol–water partition coefficient (Wildman–Crippen LogP) is 10.2. The van der Waals surface area contributed by atoms with E-state index in [1.807, 2.05) is 72.8 Å². The van der Waals surface area contributed by atoms with Crippen LogP contribution in [0.4, 0.5) is 68.2 Å². The summed E-state index contributed by atoms with van der Waals surface area (Å²) in [4.78, 5) is 2.17. The van der Waals surface area contributed by atoms with Crippen LogP contribution in [-0.4, -0.2) is 21.1 Å². The molecular weight excluding hydrogens is 614 g/mol. The Morgan fingerprint density at radius 2 is 0.449 bits per heavy atom. The van der Waals surface area contributed by atoms with E-state index in [-0.39, 0.29) is 0 Å². The van der Waals surface area contributed by atoms with Crippen LogP contribution in [0.1, 0.15) is 0 Å². The number of benzene rings is 6. The number of hydrogen-bond donors (Lipinski definition) is 3. The van der Waals surface area contributed by atoms with E-state index >= 15 is 0 Å². The molecule has 0 saturated heterocycles. The van der Waals surface area contributed by atoms with Crippen molar-refractivity contribution in [3.63, 3.8) is 0 Å². The van der Waals surface area contributed by atoms with E-state index in [2.05, 4.69) is 57.2 Å². The number of hydrogen-bond acceptors (Lipinski definition) is 10. The Labute approximate surface area is 286 Å². The van der Waals surface area contributed by atoms with Gasteiger partial charge in [0.25, 0.3) is 0 Å². The molecule has 0 aliphatic carbocycles. The summed E-state index contributed by atoms with van der Waals surface area (Å²) in [7, 11) is 4.43. The van der Waals surface area contributed by atoms with E-state index in [1.54, 1.807) is 36.4 Å². The zero-order valence-electron chi connectivity index (χ0n) is 27.4. The summed E-state index contributed by atoms with van der Waals surface area (Å²) >= 11 is 0.